The van der Waals surface area contributed by atoms with Crippen LogP contribution in [0.1, 0.15) is 6.92 Å². The number of hydrogen-bond acceptors (Lipinski definition) is 2. The molecule has 3 nitrogen and oxygen atoms in total. The Kier molecular flexibility index (Phi) is 2.03. The van der Waals surface area contributed by atoms with Crippen LogP contribution in [0.25, 0.3) is 21.8 Å². The summed E-state index contributed by atoms with van der Waals surface area (Å²) in [5.41, 5.74) is 2.29. The number of pyridine rings is 1. The molecule has 1 aromatic carbocycles. The van der Waals surface area contributed by atoms with Crippen LogP contribution in [0.5, 0.6) is 0 Å². The molecule has 2 aromatic heterocycles. The van der Waals surface area contributed by atoms with Crippen LogP contribution < -0.4 is 5.32 Å². The van der Waals surface area contributed by atoms with Gasteiger partial charge in [-0.05, 0) is 13.0 Å². The monoisotopic (exact) mass is 211 g/mol. The van der Waals surface area contributed by atoms with Gasteiger partial charge in [0.05, 0.1) is 5.52 Å². The van der Waals surface area contributed by atoms with Crippen LogP contribution in [-0.4, -0.2) is 16.5 Å². The zero-order chi connectivity index (χ0) is 11.0. The fraction of sp³-hybridized carbons (Fsp3) is 0.154. The minimum absolute atomic E-state index is 0.888. The smallest absolute Gasteiger partial charge is 0.127 e. The van der Waals surface area contributed by atoms with Crippen molar-refractivity contribution in [1.82, 2.24) is 9.97 Å². The maximum Gasteiger partial charge on any atom is 0.127 e. The lowest BCUT2D eigenvalue weighted by Crippen LogP contribution is -1.98. The summed E-state index contributed by atoms with van der Waals surface area (Å²) in [7, 11) is 0. The summed E-state index contributed by atoms with van der Waals surface area (Å²) in [6, 6.07) is 10.3. The van der Waals surface area contributed by atoms with E-state index in [1.807, 2.05) is 18.3 Å². The first-order valence-corrected chi connectivity index (χ1v) is 5.49. The molecular formula is C13H13N3. The number of para-hydroxylation sites is 1. The molecule has 3 heteroatoms. The Morgan fingerprint density at radius 1 is 1.19 bits per heavy atom. The summed E-state index contributed by atoms with van der Waals surface area (Å²) in [6.45, 7) is 2.95. The Morgan fingerprint density at radius 3 is 2.94 bits per heavy atom. The van der Waals surface area contributed by atoms with Gasteiger partial charge in [-0.15, -0.1) is 0 Å². The van der Waals surface area contributed by atoms with Crippen molar-refractivity contribution in [1.29, 1.82) is 0 Å². The van der Waals surface area contributed by atoms with E-state index in [0.29, 0.717) is 0 Å². The first-order valence-electron chi connectivity index (χ1n) is 5.49. The maximum atomic E-state index is 4.39. The molecule has 0 amide bonds. The summed E-state index contributed by atoms with van der Waals surface area (Å²) >= 11 is 0. The van der Waals surface area contributed by atoms with Crippen molar-refractivity contribution >= 4 is 27.6 Å². The van der Waals surface area contributed by atoms with E-state index in [0.717, 1.165) is 23.4 Å². The van der Waals surface area contributed by atoms with Crippen molar-refractivity contribution < 1.29 is 0 Å². The van der Waals surface area contributed by atoms with Crippen molar-refractivity contribution in [2.24, 2.45) is 0 Å². The lowest BCUT2D eigenvalue weighted by Gasteiger charge is -2.00. The average Bonchev–Trinajstić information content (AvgIpc) is 2.67. The highest BCUT2D eigenvalue weighted by Gasteiger charge is 2.04. The highest BCUT2D eigenvalue weighted by molar-refractivity contribution is 6.07. The maximum absolute atomic E-state index is 4.39. The number of rotatable bonds is 2. The van der Waals surface area contributed by atoms with Crippen molar-refractivity contribution in [3.63, 3.8) is 0 Å². The molecule has 0 aliphatic rings. The molecule has 0 aliphatic carbocycles. The largest absolute Gasteiger partial charge is 0.370 e. The molecule has 0 saturated heterocycles. The van der Waals surface area contributed by atoms with E-state index >= 15 is 0 Å². The summed E-state index contributed by atoms with van der Waals surface area (Å²) in [6.07, 6.45) is 1.92. The molecule has 2 N–H and O–H groups in total. The van der Waals surface area contributed by atoms with Gasteiger partial charge in [0.25, 0.3) is 0 Å². The van der Waals surface area contributed by atoms with Gasteiger partial charge in [0.1, 0.15) is 5.82 Å². The minimum atomic E-state index is 0.888. The number of benzene rings is 1. The van der Waals surface area contributed by atoms with E-state index in [1.54, 1.807) is 0 Å². The second kappa shape index (κ2) is 3.52. The van der Waals surface area contributed by atoms with Gasteiger partial charge in [-0.25, -0.2) is 4.98 Å². The van der Waals surface area contributed by atoms with Crippen molar-refractivity contribution in [2.75, 3.05) is 11.9 Å². The summed E-state index contributed by atoms with van der Waals surface area (Å²) in [5.74, 6) is 0.918. The van der Waals surface area contributed by atoms with Crippen LogP contribution in [-0.2, 0) is 0 Å². The molecule has 0 spiro atoms. The number of nitrogens with one attached hydrogen (secondary N) is 2. The van der Waals surface area contributed by atoms with Gasteiger partial charge in [-0.2, -0.15) is 0 Å². The van der Waals surface area contributed by atoms with Crippen molar-refractivity contribution in [2.45, 2.75) is 6.92 Å². The fourth-order valence-corrected chi connectivity index (χ4v) is 2.02. The average molecular weight is 211 g/mol. The van der Waals surface area contributed by atoms with Crippen molar-refractivity contribution in [3.05, 3.63) is 36.5 Å². The van der Waals surface area contributed by atoms with Gasteiger partial charge in [-0.1, -0.05) is 18.2 Å². The Morgan fingerprint density at radius 2 is 2.06 bits per heavy atom. The first-order chi connectivity index (χ1) is 7.88. The number of aromatic amines is 1. The molecule has 0 atom stereocenters. The van der Waals surface area contributed by atoms with Gasteiger partial charge in [0.2, 0.25) is 0 Å². The molecule has 16 heavy (non-hydrogen) atoms. The van der Waals surface area contributed by atoms with Gasteiger partial charge in [0.15, 0.2) is 0 Å². The zero-order valence-corrected chi connectivity index (χ0v) is 9.12. The molecule has 0 saturated carbocycles. The van der Waals surface area contributed by atoms with E-state index in [4.69, 9.17) is 0 Å². The third-order valence-electron chi connectivity index (χ3n) is 2.75. The molecule has 3 aromatic rings. The minimum Gasteiger partial charge on any atom is -0.370 e. The summed E-state index contributed by atoms with van der Waals surface area (Å²) in [4.78, 5) is 7.78. The molecule has 0 bridgehead atoms. The van der Waals surface area contributed by atoms with Gasteiger partial charge in [0, 0.05) is 35.1 Å². The molecule has 80 valence electrons. The number of nitrogens with zero attached hydrogens (tertiary/aromatic N) is 1. The standard InChI is InChI=1S/C13H13N3/c1-2-14-13-7-12-10(8-15-13)9-5-3-4-6-11(9)16-12/h3-8,16H,2H2,1H3,(H,14,15). The number of anilines is 1. The quantitative estimate of drug-likeness (QED) is 0.683. The Bertz CT molecular complexity index is 640. The summed E-state index contributed by atoms with van der Waals surface area (Å²) < 4.78 is 0. The second-order valence-corrected chi connectivity index (χ2v) is 3.82. The van der Waals surface area contributed by atoms with E-state index in [9.17, 15) is 0 Å². The number of hydrogen-bond donors (Lipinski definition) is 2. The molecular weight excluding hydrogens is 198 g/mol. The van der Waals surface area contributed by atoms with Crippen LogP contribution in [0, 0.1) is 0 Å². The molecule has 0 unspecified atom stereocenters. The van der Waals surface area contributed by atoms with E-state index < -0.39 is 0 Å². The Balaban J connectivity index is 2.28. The van der Waals surface area contributed by atoms with E-state index in [1.165, 1.54) is 10.8 Å². The van der Waals surface area contributed by atoms with E-state index in [2.05, 4.69) is 40.4 Å². The van der Waals surface area contributed by atoms with Crippen LogP contribution in [0.2, 0.25) is 0 Å². The van der Waals surface area contributed by atoms with Crippen LogP contribution in [0.3, 0.4) is 0 Å². The van der Waals surface area contributed by atoms with Crippen LogP contribution >= 0.6 is 0 Å². The van der Waals surface area contributed by atoms with E-state index in [-0.39, 0.29) is 0 Å². The van der Waals surface area contributed by atoms with Gasteiger partial charge >= 0.3 is 0 Å². The van der Waals surface area contributed by atoms with Gasteiger partial charge < -0.3 is 10.3 Å². The molecule has 0 radical (unpaired) electrons. The lowest BCUT2D eigenvalue weighted by molar-refractivity contribution is 1.17. The van der Waals surface area contributed by atoms with Gasteiger partial charge in [-0.3, -0.25) is 0 Å². The van der Waals surface area contributed by atoms with Crippen LogP contribution in [0.15, 0.2) is 36.5 Å². The second-order valence-electron chi connectivity index (χ2n) is 3.82. The zero-order valence-electron chi connectivity index (χ0n) is 9.12. The molecule has 3 rings (SSSR count). The van der Waals surface area contributed by atoms with Crippen molar-refractivity contribution in [3.8, 4) is 0 Å². The predicted octanol–water partition coefficient (Wildman–Crippen LogP) is 3.15. The summed E-state index contributed by atoms with van der Waals surface area (Å²) in [5, 5.41) is 5.62. The van der Waals surface area contributed by atoms with Crippen LogP contribution in [0.4, 0.5) is 5.82 Å². The number of fused-ring (bicyclic) bond motifs is 3. The number of aromatic nitrogens is 2. The first kappa shape index (κ1) is 9.21. The molecule has 0 fully saturated rings. The highest BCUT2D eigenvalue weighted by atomic mass is 15.0. The normalized spacial score (nSPS) is 11.1. The predicted molar refractivity (Wildman–Crippen MR) is 67.8 cm³/mol. The fourth-order valence-electron chi connectivity index (χ4n) is 2.02. The number of H-pyrrole nitrogens is 1. The highest BCUT2D eigenvalue weighted by Crippen LogP contribution is 2.25. The third kappa shape index (κ3) is 1.33. The Labute approximate surface area is 93.5 Å². The topological polar surface area (TPSA) is 40.7 Å². The Hall–Kier alpha value is -2.03. The molecule has 2 heterocycles. The lowest BCUT2D eigenvalue weighted by atomic mass is 10.2. The SMILES string of the molecule is CCNc1cc2[nH]c3ccccc3c2cn1. The molecule has 0 aliphatic heterocycles. The third-order valence-corrected chi connectivity index (χ3v) is 2.75.